The number of rotatable bonds is 4. The number of nitrogens with one attached hydrogen (secondary N) is 1. The van der Waals surface area contributed by atoms with Gasteiger partial charge in [0.1, 0.15) is 11.6 Å². The Bertz CT molecular complexity index is 555. The second-order valence-corrected chi connectivity index (χ2v) is 5.57. The number of anilines is 1. The first-order valence-corrected chi connectivity index (χ1v) is 6.97. The first-order valence-electron chi connectivity index (χ1n) is 6.17. The van der Waals surface area contributed by atoms with Crippen LogP contribution in [0.25, 0.3) is 0 Å². The molecule has 4 heteroatoms. The zero-order valence-electron chi connectivity index (χ0n) is 11.0. The molecule has 0 aliphatic rings. The number of hydrogen-bond acceptors (Lipinski definition) is 2. The molecular formula is C15H16BrFN2. The fourth-order valence-electron chi connectivity index (χ4n) is 1.90. The highest BCUT2D eigenvalue weighted by Gasteiger charge is 2.07. The Morgan fingerprint density at radius 2 is 2.00 bits per heavy atom. The first-order chi connectivity index (χ1) is 9.04. The van der Waals surface area contributed by atoms with E-state index in [9.17, 15) is 4.39 Å². The number of nitrogens with zero attached hydrogens (tertiary/aromatic N) is 1. The first kappa shape index (κ1) is 14.0. The molecule has 1 heterocycles. The zero-order valence-corrected chi connectivity index (χ0v) is 12.5. The van der Waals surface area contributed by atoms with Crippen molar-refractivity contribution in [2.75, 3.05) is 5.32 Å². The normalized spacial score (nSPS) is 12.2. The topological polar surface area (TPSA) is 24.9 Å². The van der Waals surface area contributed by atoms with E-state index in [1.54, 1.807) is 0 Å². The van der Waals surface area contributed by atoms with Crippen LogP contribution in [0.5, 0.6) is 0 Å². The van der Waals surface area contributed by atoms with Crippen molar-refractivity contribution in [2.24, 2.45) is 0 Å². The molecule has 1 aromatic heterocycles. The summed E-state index contributed by atoms with van der Waals surface area (Å²) in [6.07, 6.45) is 2.65. The smallest absolute Gasteiger partial charge is 0.140 e. The molecule has 0 aliphatic heterocycles. The maximum atomic E-state index is 12.8. The van der Waals surface area contributed by atoms with Crippen molar-refractivity contribution < 1.29 is 4.39 Å². The third-order valence-electron chi connectivity index (χ3n) is 2.82. The van der Waals surface area contributed by atoms with Crippen LogP contribution >= 0.6 is 15.9 Å². The van der Waals surface area contributed by atoms with Gasteiger partial charge in [0.15, 0.2) is 0 Å². The zero-order chi connectivity index (χ0) is 13.8. The second kappa shape index (κ2) is 6.15. The Labute approximate surface area is 121 Å². The summed E-state index contributed by atoms with van der Waals surface area (Å²) >= 11 is 3.50. The summed E-state index contributed by atoms with van der Waals surface area (Å²) < 4.78 is 13.8. The lowest BCUT2D eigenvalue weighted by Gasteiger charge is -2.16. The molecule has 2 aromatic rings. The molecule has 0 aliphatic carbocycles. The summed E-state index contributed by atoms with van der Waals surface area (Å²) in [6, 6.07) is 8.84. The van der Waals surface area contributed by atoms with Gasteiger partial charge in [-0.05, 0) is 65.5 Å². The molecule has 0 amide bonds. The Morgan fingerprint density at radius 1 is 1.32 bits per heavy atom. The van der Waals surface area contributed by atoms with E-state index in [0.717, 1.165) is 27.8 Å². The van der Waals surface area contributed by atoms with Gasteiger partial charge in [0.25, 0.3) is 0 Å². The van der Waals surface area contributed by atoms with Crippen molar-refractivity contribution in [3.05, 3.63) is 57.9 Å². The van der Waals surface area contributed by atoms with Crippen LogP contribution in [0, 0.1) is 12.7 Å². The van der Waals surface area contributed by atoms with Gasteiger partial charge in [-0.2, -0.15) is 0 Å². The Morgan fingerprint density at radius 3 is 2.63 bits per heavy atom. The summed E-state index contributed by atoms with van der Waals surface area (Å²) in [6.45, 7) is 4.08. The molecule has 2 nitrogen and oxygen atoms in total. The number of aryl methyl sites for hydroxylation is 1. The van der Waals surface area contributed by atoms with E-state index in [4.69, 9.17) is 0 Å². The Hall–Kier alpha value is -1.42. The van der Waals surface area contributed by atoms with Crippen molar-refractivity contribution in [1.82, 2.24) is 4.98 Å². The van der Waals surface area contributed by atoms with E-state index in [2.05, 4.69) is 33.2 Å². The third kappa shape index (κ3) is 4.03. The number of pyridine rings is 1. The van der Waals surface area contributed by atoms with Crippen LogP contribution in [0.4, 0.5) is 10.2 Å². The molecule has 1 unspecified atom stereocenters. The van der Waals surface area contributed by atoms with Gasteiger partial charge < -0.3 is 5.32 Å². The number of hydrogen-bond donors (Lipinski definition) is 1. The lowest BCUT2D eigenvalue weighted by atomic mass is 10.1. The average Bonchev–Trinajstić information content (AvgIpc) is 2.36. The van der Waals surface area contributed by atoms with E-state index in [1.807, 2.05) is 31.3 Å². The van der Waals surface area contributed by atoms with Crippen LogP contribution < -0.4 is 5.32 Å². The Balaban J connectivity index is 2.01. The van der Waals surface area contributed by atoms with Crippen LogP contribution in [0.1, 0.15) is 18.1 Å². The van der Waals surface area contributed by atoms with E-state index in [-0.39, 0.29) is 11.9 Å². The molecule has 0 bridgehead atoms. The molecule has 0 fully saturated rings. The summed E-state index contributed by atoms with van der Waals surface area (Å²) in [7, 11) is 0. The minimum absolute atomic E-state index is 0.202. The van der Waals surface area contributed by atoms with Crippen molar-refractivity contribution >= 4 is 21.7 Å². The van der Waals surface area contributed by atoms with Gasteiger partial charge in [0.2, 0.25) is 0 Å². The molecule has 2 rings (SSSR count). The summed E-state index contributed by atoms with van der Waals surface area (Å²) in [5.74, 6) is 0.632. The highest BCUT2D eigenvalue weighted by molar-refractivity contribution is 9.10. The number of aromatic nitrogens is 1. The van der Waals surface area contributed by atoms with Crippen LogP contribution in [0.15, 0.2) is 41.0 Å². The highest BCUT2D eigenvalue weighted by atomic mass is 79.9. The fraction of sp³-hybridized carbons (Fsp3) is 0.267. The summed E-state index contributed by atoms with van der Waals surface area (Å²) in [5.41, 5.74) is 2.22. The van der Waals surface area contributed by atoms with Crippen LogP contribution in [-0.4, -0.2) is 11.0 Å². The standard InChI is InChI=1S/C15H16BrFN2/c1-10-7-14(16)15(18-9-10)19-11(2)8-12-3-5-13(17)6-4-12/h3-7,9,11H,8H2,1-2H3,(H,18,19). The van der Waals surface area contributed by atoms with Gasteiger partial charge in [0.05, 0.1) is 4.47 Å². The van der Waals surface area contributed by atoms with Gasteiger partial charge in [-0.25, -0.2) is 9.37 Å². The molecule has 19 heavy (non-hydrogen) atoms. The second-order valence-electron chi connectivity index (χ2n) is 4.72. The minimum Gasteiger partial charge on any atom is -0.366 e. The maximum absolute atomic E-state index is 12.8. The predicted molar refractivity (Wildman–Crippen MR) is 79.9 cm³/mol. The van der Waals surface area contributed by atoms with Crippen molar-refractivity contribution in [1.29, 1.82) is 0 Å². The highest BCUT2D eigenvalue weighted by Crippen LogP contribution is 2.21. The van der Waals surface area contributed by atoms with Gasteiger partial charge in [0, 0.05) is 12.2 Å². The summed E-state index contributed by atoms with van der Waals surface area (Å²) in [5, 5.41) is 3.35. The van der Waals surface area contributed by atoms with Crippen molar-refractivity contribution in [3.8, 4) is 0 Å². The van der Waals surface area contributed by atoms with Crippen molar-refractivity contribution in [3.63, 3.8) is 0 Å². The number of halogens is 2. The van der Waals surface area contributed by atoms with Crippen molar-refractivity contribution in [2.45, 2.75) is 26.3 Å². The molecule has 1 aromatic carbocycles. The summed E-state index contributed by atoms with van der Waals surface area (Å²) in [4.78, 5) is 4.36. The monoisotopic (exact) mass is 322 g/mol. The lowest BCUT2D eigenvalue weighted by molar-refractivity contribution is 0.626. The van der Waals surface area contributed by atoms with Gasteiger partial charge in [-0.1, -0.05) is 12.1 Å². The van der Waals surface area contributed by atoms with E-state index >= 15 is 0 Å². The predicted octanol–water partition coefficient (Wildman–Crippen LogP) is 4.33. The van der Waals surface area contributed by atoms with Gasteiger partial charge >= 0.3 is 0 Å². The maximum Gasteiger partial charge on any atom is 0.140 e. The Kier molecular flexibility index (Phi) is 4.53. The molecule has 0 radical (unpaired) electrons. The molecule has 1 atom stereocenters. The largest absolute Gasteiger partial charge is 0.366 e. The third-order valence-corrected chi connectivity index (χ3v) is 3.42. The molecular weight excluding hydrogens is 307 g/mol. The molecule has 0 saturated heterocycles. The number of benzene rings is 1. The van der Waals surface area contributed by atoms with Crippen LogP contribution in [0.2, 0.25) is 0 Å². The van der Waals surface area contributed by atoms with Crippen LogP contribution in [0.3, 0.4) is 0 Å². The van der Waals surface area contributed by atoms with Gasteiger partial charge in [-0.3, -0.25) is 0 Å². The molecule has 0 saturated carbocycles. The quantitative estimate of drug-likeness (QED) is 0.906. The molecule has 1 N–H and O–H groups in total. The van der Waals surface area contributed by atoms with E-state index in [0.29, 0.717) is 0 Å². The molecule has 0 spiro atoms. The van der Waals surface area contributed by atoms with Crippen LogP contribution in [-0.2, 0) is 6.42 Å². The SMILES string of the molecule is Cc1cnc(NC(C)Cc2ccc(F)cc2)c(Br)c1. The van der Waals surface area contributed by atoms with E-state index < -0.39 is 0 Å². The average molecular weight is 323 g/mol. The lowest BCUT2D eigenvalue weighted by Crippen LogP contribution is -2.19. The molecule has 100 valence electrons. The van der Waals surface area contributed by atoms with E-state index in [1.165, 1.54) is 12.1 Å². The minimum atomic E-state index is -0.202. The fourth-order valence-corrected chi connectivity index (χ4v) is 2.48. The van der Waals surface area contributed by atoms with Gasteiger partial charge in [-0.15, -0.1) is 0 Å².